The van der Waals surface area contributed by atoms with Crippen molar-refractivity contribution in [1.29, 1.82) is 0 Å². The van der Waals surface area contributed by atoms with Crippen molar-refractivity contribution in [2.24, 2.45) is 5.73 Å². The summed E-state index contributed by atoms with van der Waals surface area (Å²) in [7, 11) is 1.93. The second kappa shape index (κ2) is 6.23. The van der Waals surface area contributed by atoms with Crippen LogP contribution in [-0.4, -0.2) is 18.5 Å². The summed E-state index contributed by atoms with van der Waals surface area (Å²) in [5, 5.41) is 4.08. The first-order valence-corrected chi connectivity index (χ1v) is 6.92. The van der Waals surface area contributed by atoms with Gasteiger partial charge >= 0.3 is 0 Å². The maximum atomic E-state index is 13.3. The molecule has 102 valence electrons. The number of halogens is 2. The number of hydrogen-bond acceptors (Lipinski definition) is 3. The largest absolute Gasteiger partial charge is 0.329 e. The molecular formula is C14H16F2N2S. The van der Waals surface area contributed by atoms with Crippen LogP contribution in [-0.2, 0) is 6.54 Å². The van der Waals surface area contributed by atoms with E-state index in [1.54, 1.807) is 17.4 Å². The number of nitrogens with zero attached hydrogens (tertiary/aromatic N) is 1. The zero-order valence-corrected chi connectivity index (χ0v) is 11.5. The van der Waals surface area contributed by atoms with Gasteiger partial charge in [-0.2, -0.15) is 11.3 Å². The molecule has 0 bridgehead atoms. The van der Waals surface area contributed by atoms with E-state index in [4.69, 9.17) is 5.73 Å². The van der Waals surface area contributed by atoms with E-state index in [1.807, 2.05) is 23.4 Å². The van der Waals surface area contributed by atoms with Gasteiger partial charge in [0.05, 0.1) is 0 Å². The van der Waals surface area contributed by atoms with Gasteiger partial charge in [-0.15, -0.1) is 0 Å². The van der Waals surface area contributed by atoms with Crippen molar-refractivity contribution in [2.75, 3.05) is 13.6 Å². The molecule has 1 aromatic carbocycles. The Kier molecular flexibility index (Phi) is 4.63. The number of thiophene rings is 1. The van der Waals surface area contributed by atoms with Crippen molar-refractivity contribution in [2.45, 2.75) is 12.6 Å². The lowest BCUT2D eigenvalue weighted by atomic mass is 10.0. The van der Waals surface area contributed by atoms with Gasteiger partial charge in [-0.3, -0.25) is 4.90 Å². The highest BCUT2D eigenvalue weighted by Crippen LogP contribution is 2.22. The van der Waals surface area contributed by atoms with Crippen LogP contribution < -0.4 is 5.73 Å². The Bertz CT molecular complexity index is 528. The molecular weight excluding hydrogens is 266 g/mol. The molecule has 0 aliphatic rings. The van der Waals surface area contributed by atoms with Gasteiger partial charge in [-0.25, -0.2) is 8.78 Å². The van der Waals surface area contributed by atoms with Gasteiger partial charge in [0.1, 0.15) is 0 Å². The van der Waals surface area contributed by atoms with E-state index >= 15 is 0 Å². The first-order valence-electron chi connectivity index (χ1n) is 5.98. The molecule has 1 aromatic heterocycles. The predicted octanol–water partition coefficient (Wildman–Crippen LogP) is 3.16. The van der Waals surface area contributed by atoms with Crippen molar-refractivity contribution in [1.82, 2.24) is 4.90 Å². The zero-order valence-electron chi connectivity index (χ0n) is 10.6. The number of rotatable bonds is 5. The fourth-order valence-electron chi connectivity index (χ4n) is 2.07. The average Bonchev–Trinajstić information content (AvgIpc) is 2.87. The fraction of sp³-hybridized carbons (Fsp3) is 0.286. The number of benzene rings is 1. The summed E-state index contributed by atoms with van der Waals surface area (Å²) in [5.74, 6) is -1.67. The highest BCUT2D eigenvalue weighted by atomic mass is 32.1. The topological polar surface area (TPSA) is 29.3 Å². The monoisotopic (exact) mass is 282 g/mol. The quantitative estimate of drug-likeness (QED) is 0.912. The number of hydrogen-bond donors (Lipinski definition) is 1. The van der Waals surface area contributed by atoms with Gasteiger partial charge in [-0.05, 0) is 47.1 Å². The molecule has 0 amide bonds. The molecule has 2 nitrogen and oxygen atoms in total. The lowest BCUT2D eigenvalue weighted by Gasteiger charge is -2.27. The molecule has 2 N–H and O–H groups in total. The summed E-state index contributed by atoms with van der Waals surface area (Å²) in [6.45, 7) is 1.08. The summed E-state index contributed by atoms with van der Waals surface area (Å²) in [5.41, 5.74) is 7.65. The molecule has 19 heavy (non-hydrogen) atoms. The Hall–Kier alpha value is -1.30. The Balaban J connectivity index is 2.16. The normalized spacial score (nSPS) is 12.9. The maximum absolute atomic E-state index is 13.3. The van der Waals surface area contributed by atoms with Crippen LogP contribution in [0.2, 0.25) is 0 Å². The Morgan fingerprint density at radius 3 is 2.63 bits per heavy atom. The molecule has 0 aliphatic carbocycles. The van der Waals surface area contributed by atoms with Crippen LogP contribution in [0.3, 0.4) is 0 Å². The SMILES string of the molecule is CN(Cc1ccsc1)C(CN)c1ccc(F)c(F)c1. The molecule has 0 spiro atoms. The Morgan fingerprint density at radius 1 is 1.26 bits per heavy atom. The van der Waals surface area contributed by atoms with Crippen LogP contribution in [0.4, 0.5) is 8.78 Å². The predicted molar refractivity (Wildman–Crippen MR) is 73.9 cm³/mol. The van der Waals surface area contributed by atoms with Crippen LogP contribution in [0, 0.1) is 11.6 Å². The van der Waals surface area contributed by atoms with E-state index < -0.39 is 11.6 Å². The summed E-state index contributed by atoms with van der Waals surface area (Å²) in [4.78, 5) is 2.04. The number of nitrogens with two attached hydrogens (primary N) is 1. The molecule has 0 aliphatic heterocycles. The van der Waals surface area contributed by atoms with Gasteiger partial charge in [0.15, 0.2) is 11.6 Å². The van der Waals surface area contributed by atoms with E-state index in [9.17, 15) is 8.78 Å². The fourth-order valence-corrected chi connectivity index (χ4v) is 2.73. The molecule has 0 radical (unpaired) electrons. The summed E-state index contributed by atoms with van der Waals surface area (Å²) < 4.78 is 26.2. The van der Waals surface area contributed by atoms with Crippen molar-refractivity contribution in [3.63, 3.8) is 0 Å². The average molecular weight is 282 g/mol. The van der Waals surface area contributed by atoms with E-state index in [0.29, 0.717) is 12.1 Å². The van der Waals surface area contributed by atoms with Gasteiger partial charge in [0.25, 0.3) is 0 Å². The molecule has 1 heterocycles. The van der Waals surface area contributed by atoms with E-state index in [0.717, 1.165) is 12.6 Å². The second-order valence-electron chi connectivity index (χ2n) is 4.47. The van der Waals surface area contributed by atoms with E-state index in [2.05, 4.69) is 5.38 Å². The van der Waals surface area contributed by atoms with Crippen molar-refractivity contribution < 1.29 is 8.78 Å². The van der Waals surface area contributed by atoms with Crippen molar-refractivity contribution in [3.05, 3.63) is 57.8 Å². The van der Waals surface area contributed by atoms with Crippen LogP contribution in [0.5, 0.6) is 0 Å². The Labute approximate surface area is 115 Å². The Morgan fingerprint density at radius 2 is 2.05 bits per heavy atom. The molecule has 1 unspecified atom stereocenters. The van der Waals surface area contributed by atoms with Gasteiger partial charge in [0.2, 0.25) is 0 Å². The minimum Gasteiger partial charge on any atom is -0.329 e. The van der Waals surface area contributed by atoms with Crippen molar-refractivity contribution >= 4 is 11.3 Å². The first kappa shape index (κ1) is 14.1. The minimum absolute atomic E-state index is 0.130. The second-order valence-corrected chi connectivity index (χ2v) is 5.25. The van der Waals surface area contributed by atoms with Crippen LogP contribution in [0.1, 0.15) is 17.2 Å². The third-order valence-corrected chi connectivity index (χ3v) is 3.83. The first-order chi connectivity index (χ1) is 9.11. The molecule has 0 saturated carbocycles. The van der Waals surface area contributed by atoms with Crippen LogP contribution >= 0.6 is 11.3 Å². The molecule has 5 heteroatoms. The van der Waals surface area contributed by atoms with Crippen LogP contribution in [0.15, 0.2) is 35.0 Å². The zero-order chi connectivity index (χ0) is 13.8. The summed E-state index contributed by atoms with van der Waals surface area (Å²) in [6.07, 6.45) is 0. The molecule has 2 aromatic rings. The van der Waals surface area contributed by atoms with E-state index in [1.165, 1.54) is 11.6 Å². The lowest BCUT2D eigenvalue weighted by Crippen LogP contribution is -2.30. The van der Waals surface area contributed by atoms with E-state index in [-0.39, 0.29) is 6.04 Å². The van der Waals surface area contributed by atoms with Gasteiger partial charge < -0.3 is 5.73 Å². The van der Waals surface area contributed by atoms with Crippen molar-refractivity contribution in [3.8, 4) is 0 Å². The lowest BCUT2D eigenvalue weighted by molar-refractivity contribution is 0.241. The molecule has 1 atom stereocenters. The third kappa shape index (κ3) is 3.37. The highest BCUT2D eigenvalue weighted by Gasteiger charge is 2.17. The van der Waals surface area contributed by atoms with Gasteiger partial charge in [0, 0.05) is 19.1 Å². The smallest absolute Gasteiger partial charge is 0.159 e. The third-order valence-electron chi connectivity index (χ3n) is 3.10. The molecule has 2 rings (SSSR count). The summed E-state index contributed by atoms with van der Waals surface area (Å²) in [6, 6.07) is 5.86. The minimum atomic E-state index is -0.833. The van der Waals surface area contributed by atoms with Gasteiger partial charge in [-0.1, -0.05) is 6.07 Å². The van der Waals surface area contributed by atoms with Crippen LogP contribution in [0.25, 0.3) is 0 Å². The standard InChI is InChI=1S/C14H16F2N2S/c1-18(8-10-4-5-19-9-10)14(7-17)11-2-3-12(15)13(16)6-11/h2-6,9,14H,7-8,17H2,1H3. The number of likely N-dealkylation sites (N-methyl/N-ethyl adjacent to an activating group) is 1. The maximum Gasteiger partial charge on any atom is 0.159 e. The molecule has 0 saturated heterocycles. The molecule has 0 fully saturated rings. The summed E-state index contributed by atoms with van der Waals surface area (Å²) >= 11 is 1.63. The highest BCUT2D eigenvalue weighted by molar-refractivity contribution is 7.07.